The quantitative estimate of drug-likeness (QED) is 0.109. The van der Waals surface area contributed by atoms with Gasteiger partial charge in [0.05, 0.1) is 24.5 Å². The van der Waals surface area contributed by atoms with E-state index in [9.17, 15) is 31.1 Å². The second kappa shape index (κ2) is 10.7. The first-order chi connectivity index (χ1) is 19.8. The number of aromatic nitrogens is 2. The van der Waals surface area contributed by atoms with E-state index in [0.29, 0.717) is 46.2 Å². The van der Waals surface area contributed by atoms with Gasteiger partial charge in [-0.05, 0) is 55.5 Å². The van der Waals surface area contributed by atoms with Crippen LogP contribution >= 0.6 is 0 Å². The van der Waals surface area contributed by atoms with Crippen LogP contribution in [0.3, 0.4) is 0 Å². The maximum Gasteiger partial charge on any atom is 0.417 e. The van der Waals surface area contributed by atoms with Crippen molar-refractivity contribution in [2.75, 3.05) is 12.4 Å². The minimum Gasteiger partial charge on any atom is -0.494 e. The van der Waals surface area contributed by atoms with E-state index in [2.05, 4.69) is 25.8 Å². The molecule has 3 aromatic carbocycles. The van der Waals surface area contributed by atoms with Crippen molar-refractivity contribution in [1.29, 1.82) is 0 Å². The number of aromatic amines is 1. The summed E-state index contributed by atoms with van der Waals surface area (Å²) in [6.45, 7) is 1.86. The average Bonchev–Trinajstić information content (AvgIpc) is 3.35. The molecule has 2 aromatic heterocycles. The van der Waals surface area contributed by atoms with Crippen LogP contribution in [0.2, 0.25) is 0 Å². The number of para-hydroxylation sites is 1. The molecule has 0 fully saturated rings. The lowest BCUT2D eigenvalue weighted by molar-refractivity contribution is -0.143. The van der Waals surface area contributed by atoms with Crippen molar-refractivity contribution >= 4 is 45.3 Å². The number of pyridine rings is 1. The number of hydrogen-bond acceptors (Lipinski definition) is 5. The number of amides is 1. The summed E-state index contributed by atoms with van der Waals surface area (Å²) in [5.41, 5.74) is 2.13. The zero-order valence-corrected chi connectivity index (χ0v) is 21.9. The zero-order valence-electron chi connectivity index (χ0n) is 21.9. The number of rotatable bonds is 6. The van der Waals surface area contributed by atoms with E-state index in [-0.39, 0.29) is 11.8 Å². The van der Waals surface area contributed by atoms with Gasteiger partial charge in [-0.2, -0.15) is 31.4 Å². The highest BCUT2D eigenvalue weighted by Gasteiger charge is 2.37. The maximum absolute atomic E-state index is 13.4. The first-order valence-corrected chi connectivity index (χ1v) is 12.3. The van der Waals surface area contributed by atoms with E-state index < -0.39 is 35.0 Å². The molecule has 0 saturated carbocycles. The van der Waals surface area contributed by atoms with E-state index in [4.69, 9.17) is 4.74 Å². The maximum atomic E-state index is 13.4. The molecule has 0 unspecified atom stereocenters. The van der Waals surface area contributed by atoms with Crippen molar-refractivity contribution in [3.63, 3.8) is 0 Å². The smallest absolute Gasteiger partial charge is 0.417 e. The number of carbonyl (C=O) groups is 1. The molecule has 0 atom stereocenters. The fourth-order valence-electron chi connectivity index (χ4n) is 4.42. The van der Waals surface area contributed by atoms with Crippen molar-refractivity contribution in [2.24, 2.45) is 5.10 Å². The van der Waals surface area contributed by atoms with Gasteiger partial charge >= 0.3 is 12.4 Å². The van der Waals surface area contributed by atoms with Gasteiger partial charge in [0.1, 0.15) is 17.0 Å². The number of fused-ring (bicyclic) bond motifs is 2. The van der Waals surface area contributed by atoms with Crippen LogP contribution in [0.25, 0.3) is 21.8 Å². The van der Waals surface area contributed by atoms with Crippen molar-refractivity contribution < 1.29 is 35.9 Å². The van der Waals surface area contributed by atoms with Crippen molar-refractivity contribution in [2.45, 2.75) is 19.3 Å². The number of carbonyl (C=O) groups excluding carboxylic acids is 1. The summed E-state index contributed by atoms with van der Waals surface area (Å²) in [5.74, 6) is -0.133. The molecule has 5 rings (SSSR count). The van der Waals surface area contributed by atoms with Crippen molar-refractivity contribution in [1.82, 2.24) is 15.4 Å². The number of H-pyrrole nitrogens is 1. The number of nitrogens with zero attached hydrogens (tertiary/aromatic N) is 2. The standard InChI is InChI=1S/C29H21F6N5O2/c1-15-10-23(20-4-3-5-25(42-2)26(20)37-15)38-19-8-9-22-17(11-19)12-24(39-22)27(41)40-36-14-16-6-7-18(28(30,31)32)13-21(16)29(33,34)35/h3-14,39H,1-2H3,(H,37,38)(H,40,41)/b36-14+. The third-order valence-electron chi connectivity index (χ3n) is 6.35. The lowest BCUT2D eigenvalue weighted by Gasteiger charge is -2.13. The molecular weight excluding hydrogens is 564 g/mol. The minimum atomic E-state index is -5.07. The average molecular weight is 586 g/mol. The van der Waals surface area contributed by atoms with Crippen LogP contribution < -0.4 is 15.5 Å². The molecule has 1 amide bonds. The molecule has 0 aliphatic rings. The molecule has 3 N–H and O–H groups in total. The number of anilines is 2. The number of aryl methyl sites for hydroxylation is 1. The molecule has 7 nitrogen and oxygen atoms in total. The number of benzene rings is 3. The summed E-state index contributed by atoms with van der Waals surface area (Å²) in [6.07, 6.45) is -9.38. The molecule has 0 spiro atoms. The Morgan fingerprint density at radius 2 is 1.76 bits per heavy atom. The number of halogens is 6. The van der Waals surface area contributed by atoms with Crippen LogP contribution in [0.1, 0.15) is 32.9 Å². The number of alkyl halides is 6. The molecule has 0 bridgehead atoms. The van der Waals surface area contributed by atoms with E-state index >= 15 is 0 Å². The van der Waals surface area contributed by atoms with Crippen LogP contribution in [0, 0.1) is 6.92 Å². The summed E-state index contributed by atoms with van der Waals surface area (Å²) in [5, 5.41) is 8.38. The first kappa shape index (κ1) is 28.5. The third-order valence-corrected chi connectivity index (χ3v) is 6.35. The van der Waals surface area contributed by atoms with Gasteiger partial charge in [-0.3, -0.25) is 4.79 Å². The highest BCUT2D eigenvalue weighted by molar-refractivity contribution is 6.00. The number of ether oxygens (including phenoxy) is 1. The molecular formula is C29H21F6N5O2. The molecule has 216 valence electrons. The van der Waals surface area contributed by atoms with Gasteiger partial charge in [-0.25, -0.2) is 10.4 Å². The summed E-state index contributed by atoms with van der Waals surface area (Å²) >= 11 is 0. The van der Waals surface area contributed by atoms with E-state index in [1.54, 1.807) is 25.3 Å². The van der Waals surface area contributed by atoms with Gasteiger partial charge in [0.15, 0.2) is 0 Å². The Morgan fingerprint density at radius 3 is 2.48 bits per heavy atom. The second-order valence-corrected chi connectivity index (χ2v) is 9.27. The SMILES string of the molecule is COc1cccc2c(Nc3ccc4[nH]c(C(=O)N/N=C/c5ccc(C(F)(F)F)cc5C(F)(F)F)cc4c3)cc(C)nc12. The normalized spacial score (nSPS) is 12.3. The van der Waals surface area contributed by atoms with Crippen LogP contribution in [-0.4, -0.2) is 29.2 Å². The lowest BCUT2D eigenvalue weighted by atomic mass is 10.0. The van der Waals surface area contributed by atoms with Crippen LogP contribution in [0.5, 0.6) is 5.75 Å². The Bertz CT molecular complexity index is 1840. The van der Waals surface area contributed by atoms with E-state index in [1.807, 2.05) is 31.2 Å². The van der Waals surface area contributed by atoms with E-state index in [1.165, 1.54) is 6.07 Å². The Kier molecular flexibility index (Phi) is 7.27. The molecule has 0 aliphatic carbocycles. The highest BCUT2D eigenvalue weighted by atomic mass is 19.4. The Balaban J connectivity index is 1.35. The first-order valence-electron chi connectivity index (χ1n) is 12.3. The summed E-state index contributed by atoms with van der Waals surface area (Å²) < 4.78 is 84.1. The number of methoxy groups -OCH3 is 1. The fraction of sp³-hybridized carbons (Fsp3) is 0.138. The number of hydrogen-bond donors (Lipinski definition) is 3. The summed E-state index contributed by atoms with van der Waals surface area (Å²) in [6, 6.07) is 15.5. The van der Waals surface area contributed by atoms with Gasteiger partial charge in [0.25, 0.3) is 5.91 Å². The molecule has 13 heteroatoms. The molecule has 0 radical (unpaired) electrons. The minimum absolute atomic E-state index is 0.000933. The van der Waals surface area contributed by atoms with Gasteiger partial charge in [-0.1, -0.05) is 18.2 Å². The summed E-state index contributed by atoms with van der Waals surface area (Å²) in [4.78, 5) is 20.1. The second-order valence-electron chi connectivity index (χ2n) is 9.27. The topological polar surface area (TPSA) is 91.4 Å². The molecule has 5 aromatic rings. The molecule has 42 heavy (non-hydrogen) atoms. The predicted octanol–water partition coefficient (Wildman–Crippen LogP) is 7.58. The highest BCUT2D eigenvalue weighted by Crippen LogP contribution is 2.37. The van der Waals surface area contributed by atoms with Gasteiger partial charge in [0.2, 0.25) is 0 Å². The summed E-state index contributed by atoms with van der Waals surface area (Å²) in [7, 11) is 1.57. The van der Waals surface area contributed by atoms with Gasteiger partial charge in [-0.15, -0.1) is 0 Å². The van der Waals surface area contributed by atoms with Crippen molar-refractivity contribution in [3.05, 3.63) is 94.8 Å². The van der Waals surface area contributed by atoms with Gasteiger partial charge < -0.3 is 15.0 Å². The monoisotopic (exact) mass is 585 g/mol. The fourth-order valence-corrected chi connectivity index (χ4v) is 4.42. The Morgan fingerprint density at radius 1 is 0.976 bits per heavy atom. The molecule has 0 saturated heterocycles. The number of nitrogens with one attached hydrogen (secondary N) is 3. The third kappa shape index (κ3) is 5.85. The van der Waals surface area contributed by atoms with Crippen LogP contribution in [-0.2, 0) is 12.4 Å². The Hall–Kier alpha value is -5.07. The van der Waals surface area contributed by atoms with E-state index in [0.717, 1.165) is 16.8 Å². The van der Waals surface area contributed by atoms with Crippen LogP contribution in [0.4, 0.5) is 37.7 Å². The van der Waals surface area contributed by atoms with Gasteiger partial charge in [0, 0.05) is 38.9 Å². The van der Waals surface area contributed by atoms with Crippen LogP contribution in [0.15, 0.2) is 71.8 Å². The largest absolute Gasteiger partial charge is 0.494 e. The molecule has 0 aliphatic heterocycles. The zero-order chi connectivity index (χ0) is 30.2. The lowest BCUT2D eigenvalue weighted by Crippen LogP contribution is -2.18. The Labute approximate surface area is 234 Å². The van der Waals surface area contributed by atoms with Crippen molar-refractivity contribution in [3.8, 4) is 5.75 Å². The predicted molar refractivity (Wildman–Crippen MR) is 146 cm³/mol. The molecule has 2 heterocycles. The number of hydrazone groups is 1.